The van der Waals surface area contributed by atoms with Crippen molar-refractivity contribution in [2.45, 2.75) is 0 Å². The minimum absolute atomic E-state index is 0.00671. The highest BCUT2D eigenvalue weighted by Crippen LogP contribution is 2.31. The molecule has 4 nitrogen and oxygen atoms in total. The lowest BCUT2D eigenvalue weighted by Crippen LogP contribution is -1.99. The zero-order chi connectivity index (χ0) is 16.6. The van der Waals surface area contributed by atoms with Gasteiger partial charge in [-0.25, -0.2) is 18.6 Å². The van der Waals surface area contributed by atoms with Gasteiger partial charge < -0.3 is 9.52 Å². The Balaban J connectivity index is 2.14. The molecule has 0 aliphatic heterocycles. The van der Waals surface area contributed by atoms with Crippen molar-refractivity contribution in [3.8, 4) is 22.8 Å². The molecule has 0 atom stereocenters. The van der Waals surface area contributed by atoms with Gasteiger partial charge in [0.05, 0.1) is 5.02 Å². The summed E-state index contributed by atoms with van der Waals surface area (Å²) in [6.45, 7) is 0. The fraction of sp³-hybridized carbons (Fsp3) is 0. The third kappa shape index (κ3) is 2.93. The molecule has 0 fully saturated rings. The van der Waals surface area contributed by atoms with Gasteiger partial charge in [0.25, 0.3) is 0 Å². The molecule has 0 unspecified atom stereocenters. The number of benzene rings is 2. The second-order valence-electron chi connectivity index (χ2n) is 4.64. The van der Waals surface area contributed by atoms with Crippen molar-refractivity contribution in [2.75, 3.05) is 0 Å². The van der Waals surface area contributed by atoms with E-state index < -0.39 is 17.6 Å². The number of aromatic carboxylic acids is 1. The summed E-state index contributed by atoms with van der Waals surface area (Å²) in [4.78, 5) is 15.2. The first kappa shape index (κ1) is 15.2. The number of carbonyl (C=O) groups is 1. The fourth-order valence-corrected chi connectivity index (χ4v) is 2.13. The molecule has 0 spiro atoms. The van der Waals surface area contributed by atoms with Crippen LogP contribution >= 0.6 is 11.6 Å². The maximum Gasteiger partial charge on any atom is 0.358 e. The highest BCUT2D eigenvalue weighted by molar-refractivity contribution is 6.30. The standard InChI is InChI=1S/C16H8ClF2NO3/c17-11-6-3-9(7-12(11)19)14-13(16(21)22)20-15(23-14)8-1-4-10(18)5-2-8/h1-7H,(H,21,22). The second kappa shape index (κ2) is 5.81. The van der Waals surface area contributed by atoms with Gasteiger partial charge in [-0.2, -0.15) is 0 Å². The van der Waals surface area contributed by atoms with Gasteiger partial charge in [-0.15, -0.1) is 0 Å². The predicted molar refractivity (Wildman–Crippen MR) is 79.3 cm³/mol. The Labute approximate surface area is 134 Å². The summed E-state index contributed by atoms with van der Waals surface area (Å²) >= 11 is 5.61. The molecule has 3 rings (SSSR count). The first-order valence-electron chi connectivity index (χ1n) is 6.41. The van der Waals surface area contributed by atoms with E-state index >= 15 is 0 Å². The molecular formula is C16H8ClF2NO3. The van der Waals surface area contributed by atoms with Gasteiger partial charge >= 0.3 is 5.97 Å². The lowest BCUT2D eigenvalue weighted by molar-refractivity contribution is 0.0691. The Bertz CT molecular complexity index is 891. The third-order valence-electron chi connectivity index (χ3n) is 3.10. The van der Waals surface area contributed by atoms with E-state index in [9.17, 15) is 18.7 Å². The lowest BCUT2D eigenvalue weighted by atomic mass is 10.1. The van der Waals surface area contributed by atoms with Crippen molar-refractivity contribution in [1.29, 1.82) is 0 Å². The monoisotopic (exact) mass is 335 g/mol. The van der Waals surface area contributed by atoms with Crippen LogP contribution in [0.25, 0.3) is 22.8 Å². The Hall–Kier alpha value is -2.73. The van der Waals surface area contributed by atoms with Crippen LogP contribution in [-0.4, -0.2) is 16.1 Å². The number of oxazole rings is 1. The summed E-state index contributed by atoms with van der Waals surface area (Å²) in [5, 5.41) is 9.16. The average molecular weight is 336 g/mol. The van der Waals surface area contributed by atoms with Crippen LogP contribution in [0.15, 0.2) is 46.9 Å². The van der Waals surface area contributed by atoms with E-state index in [4.69, 9.17) is 16.0 Å². The van der Waals surface area contributed by atoms with E-state index in [0.717, 1.165) is 6.07 Å². The number of halogens is 3. The number of aromatic nitrogens is 1. The van der Waals surface area contributed by atoms with Gasteiger partial charge in [-0.05, 0) is 42.5 Å². The van der Waals surface area contributed by atoms with Crippen LogP contribution in [0.3, 0.4) is 0 Å². The molecule has 1 N–H and O–H groups in total. The van der Waals surface area contributed by atoms with Crippen molar-refractivity contribution in [3.05, 3.63) is 64.8 Å². The number of carboxylic acid groups (broad SMARTS) is 1. The van der Waals surface area contributed by atoms with E-state index in [1.807, 2.05) is 0 Å². The molecule has 0 amide bonds. The first-order valence-corrected chi connectivity index (χ1v) is 6.79. The van der Waals surface area contributed by atoms with Crippen LogP contribution in [-0.2, 0) is 0 Å². The van der Waals surface area contributed by atoms with Crippen LogP contribution in [0.4, 0.5) is 8.78 Å². The Kier molecular flexibility index (Phi) is 3.83. The Morgan fingerprint density at radius 3 is 2.35 bits per heavy atom. The minimum atomic E-state index is -1.33. The summed E-state index contributed by atoms with van der Waals surface area (Å²) in [5.41, 5.74) is 0.214. The number of hydrogen-bond acceptors (Lipinski definition) is 3. The third-order valence-corrected chi connectivity index (χ3v) is 3.41. The SMILES string of the molecule is O=C(O)c1nc(-c2ccc(F)cc2)oc1-c1ccc(Cl)c(F)c1. The van der Waals surface area contributed by atoms with E-state index in [0.29, 0.717) is 5.56 Å². The molecule has 1 heterocycles. The molecule has 116 valence electrons. The van der Waals surface area contributed by atoms with Gasteiger partial charge in [-0.3, -0.25) is 0 Å². The van der Waals surface area contributed by atoms with Crippen LogP contribution in [0, 0.1) is 11.6 Å². The van der Waals surface area contributed by atoms with Crippen LogP contribution in [0.2, 0.25) is 5.02 Å². The highest BCUT2D eigenvalue weighted by atomic mass is 35.5. The van der Waals surface area contributed by atoms with Crippen LogP contribution < -0.4 is 0 Å². The zero-order valence-electron chi connectivity index (χ0n) is 11.4. The van der Waals surface area contributed by atoms with Crippen molar-refractivity contribution in [2.24, 2.45) is 0 Å². The van der Waals surface area contributed by atoms with Gasteiger partial charge in [0, 0.05) is 11.1 Å². The molecule has 1 aromatic heterocycles. The molecule has 0 saturated heterocycles. The van der Waals surface area contributed by atoms with Gasteiger partial charge in [0.15, 0.2) is 11.5 Å². The number of carboxylic acids is 1. The average Bonchev–Trinajstić information content (AvgIpc) is 2.96. The first-order chi connectivity index (χ1) is 11.0. The molecule has 0 aliphatic rings. The van der Waals surface area contributed by atoms with E-state index in [-0.39, 0.29) is 27.9 Å². The quantitative estimate of drug-likeness (QED) is 0.757. The highest BCUT2D eigenvalue weighted by Gasteiger charge is 2.22. The number of nitrogens with zero attached hydrogens (tertiary/aromatic N) is 1. The van der Waals surface area contributed by atoms with E-state index in [2.05, 4.69) is 4.98 Å². The maximum atomic E-state index is 13.6. The smallest absolute Gasteiger partial charge is 0.358 e. The largest absolute Gasteiger partial charge is 0.476 e. The number of hydrogen-bond donors (Lipinski definition) is 1. The zero-order valence-corrected chi connectivity index (χ0v) is 12.1. The summed E-state index contributed by atoms with van der Waals surface area (Å²) in [6, 6.07) is 8.97. The van der Waals surface area contributed by atoms with Gasteiger partial charge in [0.1, 0.15) is 11.6 Å². The summed E-state index contributed by atoms with van der Waals surface area (Å²) in [5.74, 6) is -2.59. The molecule has 0 radical (unpaired) electrons. The Morgan fingerprint density at radius 1 is 1.09 bits per heavy atom. The molecule has 23 heavy (non-hydrogen) atoms. The molecule has 0 bridgehead atoms. The summed E-state index contributed by atoms with van der Waals surface area (Å²) < 4.78 is 32.0. The lowest BCUT2D eigenvalue weighted by Gasteiger charge is -2.00. The maximum absolute atomic E-state index is 13.6. The van der Waals surface area contributed by atoms with Crippen molar-refractivity contribution in [1.82, 2.24) is 4.98 Å². The molecular weight excluding hydrogens is 328 g/mol. The predicted octanol–water partition coefficient (Wildman–Crippen LogP) is 4.64. The van der Waals surface area contributed by atoms with Gasteiger partial charge in [-0.1, -0.05) is 11.6 Å². The fourth-order valence-electron chi connectivity index (χ4n) is 2.01. The Morgan fingerprint density at radius 2 is 1.74 bits per heavy atom. The molecule has 2 aromatic carbocycles. The second-order valence-corrected chi connectivity index (χ2v) is 5.04. The van der Waals surface area contributed by atoms with Gasteiger partial charge in [0.2, 0.25) is 5.89 Å². The van der Waals surface area contributed by atoms with Crippen LogP contribution in [0.5, 0.6) is 0 Å². The van der Waals surface area contributed by atoms with Crippen molar-refractivity contribution in [3.63, 3.8) is 0 Å². The normalized spacial score (nSPS) is 10.7. The van der Waals surface area contributed by atoms with Crippen molar-refractivity contribution >= 4 is 17.6 Å². The van der Waals surface area contributed by atoms with E-state index in [1.54, 1.807) is 0 Å². The van der Waals surface area contributed by atoms with E-state index in [1.165, 1.54) is 36.4 Å². The molecule has 0 aliphatic carbocycles. The molecule has 3 aromatic rings. The molecule has 0 saturated carbocycles. The van der Waals surface area contributed by atoms with Crippen LogP contribution in [0.1, 0.15) is 10.5 Å². The summed E-state index contributed by atoms with van der Waals surface area (Å²) in [7, 11) is 0. The number of rotatable bonds is 3. The molecule has 7 heteroatoms. The minimum Gasteiger partial charge on any atom is -0.476 e. The summed E-state index contributed by atoms with van der Waals surface area (Å²) in [6.07, 6.45) is 0. The van der Waals surface area contributed by atoms with Crippen molar-refractivity contribution < 1.29 is 23.1 Å². The topological polar surface area (TPSA) is 63.3 Å².